The minimum absolute atomic E-state index is 0.247. The normalized spacial score (nSPS) is 18.3. The third-order valence-corrected chi connectivity index (χ3v) is 4.48. The van der Waals surface area contributed by atoms with E-state index in [0.717, 1.165) is 23.1 Å². The molecule has 0 radical (unpaired) electrons. The van der Waals surface area contributed by atoms with Crippen molar-refractivity contribution in [1.29, 1.82) is 0 Å². The summed E-state index contributed by atoms with van der Waals surface area (Å²) in [5, 5.41) is 0. The second kappa shape index (κ2) is 7.30. The molecule has 0 saturated heterocycles. The Balaban J connectivity index is 1.98. The fraction of sp³-hybridized carbons (Fsp3) is 0.625. The quantitative estimate of drug-likeness (QED) is 0.868. The van der Waals surface area contributed by atoms with Crippen LogP contribution in [0, 0.1) is 0 Å². The van der Waals surface area contributed by atoms with E-state index < -0.39 is 0 Å². The molecular weight excluding hydrogens is 302 g/mol. The first-order chi connectivity index (χ1) is 9.19. The Kier molecular flexibility index (Phi) is 5.71. The summed E-state index contributed by atoms with van der Waals surface area (Å²) in [5.41, 5.74) is 7.27. The molecule has 0 aromatic heterocycles. The highest BCUT2D eigenvalue weighted by Gasteiger charge is 2.16. The predicted molar refractivity (Wildman–Crippen MR) is 83.6 cm³/mol. The van der Waals surface area contributed by atoms with Gasteiger partial charge in [-0.05, 0) is 72.2 Å². The van der Waals surface area contributed by atoms with E-state index in [1.807, 2.05) is 0 Å². The van der Waals surface area contributed by atoms with Crippen molar-refractivity contribution in [3.05, 3.63) is 28.2 Å². The molecule has 2 rings (SSSR count). The van der Waals surface area contributed by atoms with Crippen molar-refractivity contribution in [3.8, 4) is 5.75 Å². The van der Waals surface area contributed by atoms with Gasteiger partial charge in [-0.2, -0.15) is 0 Å². The number of hydrogen-bond donors (Lipinski definition) is 1. The van der Waals surface area contributed by atoms with E-state index in [1.54, 1.807) is 0 Å². The SMILES string of the molecule is CCC(N)Cc1ccc(OC2CCCCC2)c(Br)c1. The van der Waals surface area contributed by atoms with Crippen molar-refractivity contribution in [2.45, 2.75) is 64.0 Å². The van der Waals surface area contributed by atoms with Crippen LogP contribution in [0.5, 0.6) is 5.75 Å². The average molecular weight is 326 g/mol. The topological polar surface area (TPSA) is 35.2 Å². The number of benzene rings is 1. The number of rotatable bonds is 5. The third kappa shape index (κ3) is 4.50. The maximum Gasteiger partial charge on any atom is 0.133 e. The van der Waals surface area contributed by atoms with E-state index in [2.05, 4.69) is 41.1 Å². The molecule has 106 valence electrons. The molecule has 1 saturated carbocycles. The first-order valence-corrected chi connectivity index (χ1v) is 8.19. The van der Waals surface area contributed by atoms with Crippen LogP contribution in [-0.2, 0) is 6.42 Å². The summed E-state index contributed by atoms with van der Waals surface area (Å²) in [5.74, 6) is 0.973. The highest BCUT2D eigenvalue weighted by Crippen LogP contribution is 2.30. The van der Waals surface area contributed by atoms with Gasteiger partial charge >= 0.3 is 0 Å². The van der Waals surface area contributed by atoms with Crippen molar-refractivity contribution in [2.24, 2.45) is 5.73 Å². The Hall–Kier alpha value is -0.540. The number of ether oxygens (including phenoxy) is 1. The molecule has 1 aromatic carbocycles. The van der Waals surface area contributed by atoms with E-state index in [9.17, 15) is 0 Å². The van der Waals surface area contributed by atoms with Crippen molar-refractivity contribution in [2.75, 3.05) is 0 Å². The molecule has 0 bridgehead atoms. The van der Waals surface area contributed by atoms with Crippen molar-refractivity contribution < 1.29 is 4.74 Å². The second-order valence-corrected chi connectivity index (χ2v) is 6.37. The molecule has 0 amide bonds. The summed E-state index contributed by atoms with van der Waals surface area (Å²) in [6, 6.07) is 6.61. The smallest absolute Gasteiger partial charge is 0.133 e. The van der Waals surface area contributed by atoms with Crippen LogP contribution in [0.15, 0.2) is 22.7 Å². The van der Waals surface area contributed by atoms with Gasteiger partial charge in [0.2, 0.25) is 0 Å². The van der Waals surface area contributed by atoms with Gasteiger partial charge in [0.25, 0.3) is 0 Å². The standard InChI is InChI=1S/C16H24BrNO/c1-2-13(18)10-12-8-9-16(15(17)11-12)19-14-6-4-3-5-7-14/h8-9,11,13-14H,2-7,10,18H2,1H3. The molecule has 1 atom stereocenters. The summed E-state index contributed by atoms with van der Waals surface area (Å²) in [6.45, 7) is 2.13. The molecule has 2 N–H and O–H groups in total. The van der Waals surface area contributed by atoms with E-state index >= 15 is 0 Å². The van der Waals surface area contributed by atoms with E-state index in [1.165, 1.54) is 37.7 Å². The molecule has 1 fully saturated rings. The zero-order chi connectivity index (χ0) is 13.7. The van der Waals surface area contributed by atoms with E-state index in [0.29, 0.717) is 6.10 Å². The van der Waals surface area contributed by atoms with Crippen LogP contribution in [-0.4, -0.2) is 12.1 Å². The highest BCUT2D eigenvalue weighted by molar-refractivity contribution is 9.10. The number of nitrogens with two attached hydrogens (primary N) is 1. The molecule has 1 aliphatic rings. The number of hydrogen-bond acceptors (Lipinski definition) is 2. The van der Waals surface area contributed by atoms with Crippen LogP contribution in [0.2, 0.25) is 0 Å². The fourth-order valence-corrected chi connectivity index (χ4v) is 3.10. The Bertz CT molecular complexity index is 402. The Morgan fingerprint density at radius 1 is 1.32 bits per heavy atom. The maximum absolute atomic E-state index is 6.09. The lowest BCUT2D eigenvalue weighted by Gasteiger charge is -2.23. The fourth-order valence-electron chi connectivity index (χ4n) is 2.58. The third-order valence-electron chi connectivity index (χ3n) is 3.86. The van der Waals surface area contributed by atoms with Gasteiger partial charge in [0, 0.05) is 6.04 Å². The molecule has 2 nitrogen and oxygen atoms in total. The highest BCUT2D eigenvalue weighted by atomic mass is 79.9. The zero-order valence-electron chi connectivity index (χ0n) is 11.7. The molecule has 1 unspecified atom stereocenters. The van der Waals surface area contributed by atoms with Gasteiger partial charge in [0.05, 0.1) is 10.6 Å². The van der Waals surface area contributed by atoms with Crippen LogP contribution in [0.4, 0.5) is 0 Å². The Morgan fingerprint density at radius 2 is 2.05 bits per heavy atom. The average Bonchev–Trinajstić information content (AvgIpc) is 2.43. The maximum atomic E-state index is 6.09. The summed E-state index contributed by atoms with van der Waals surface area (Å²) < 4.78 is 7.15. The number of halogens is 1. The van der Waals surface area contributed by atoms with E-state index in [4.69, 9.17) is 10.5 Å². The first kappa shape index (κ1) is 14.9. The molecular formula is C16H24BrNO. The van der Waals surface area contributed by atoms with Crippen LogP contribution in [0.25, 0.3) is 0 Å². The molecule has 3 heteroatoms. The summed E-state index contributed by atoms with van der Waals surface area (Å²) in [4.78, 5) is 0. The van der Waals surface area contributed by atoms with Crippen molar-refractivity contribution >= 4 is 15.9 Å². The lowest BCUT2D eigenvalue weighted by Crippen LogP contribution is -2.21. The van der Waals surface area contributed by atoms with Gasteiger partial charge in [-0.15, -0.1) is 0 Å². The first-order valence-electron chi connectivity index (χ1n) is 7.39. The zero-order valence-corrected chi connectivity index (χ0v) is 13.3. The van der Waals surface area contributed by atoms with Crippen LogP contribution in [0.1, 0.15) is 51.0 Å². The molecule has 1 aromatic rings. The second-order valence-electron chi connectivity index (χ2n) is 5.52. The minimum Gasteiger partial charge on any atom is -0.489 e. The minimum atomic E-state index is 0.247. The van der Waals surface area contributed by atoms with Gasteiger partial charge < -0.3 is 10.5 Å². The molecule has 0 spiro atoms. The van der Waals surface area contributed by atoms with Gasteiger partial charge in [0.15, 0.2) is 0 Å². The lowest BCUT2D eigenvalue weighted by molar-refractivity contribution is 0.154. The van der Waals surface area contributed by atoms with Crippen LogP contribution in [0.3, 0.4) is 0 Å². The Morgan fingerprint density at radius 3 is 2.68 bits per heavy atom. The van der Waals surface area contributed by atoms with Gasteiger partial charge in [-0.1, -0.05) is 19.4 Å². The Labute approximate surface area is 124 Å². The van der Waals surface area contributed by atoms with Gasteiger partial charge in [-0.3, -0.25) is 0 Å². The summed E-state index contributed by atoms with van der Waals surface area (Å²) in [7, 11) is 0. The van der Waals surface area contributed by atoms with Crippen molar-refractivity contribution in [1.82, 2.24) is 0 Å². The monoisotopic (exact) mass is 325 g/mol. The molecule has 1 aliphatic carbocycles. The van der Waals surface area contributed by atoms with Crippen molar-refractivity contribution in [3.63, 3.8) is 0 Å². The predicted octanol–water partition coefficient (Wildman–Crippen LogP) is 4.44. The van der Waals surface area contributed by atoms with Crippen LogP contribution < -0.4 is 10.5 Å². The van der Waals surface area contributed by atoms with Gasteiger partial charge in [0.1, 0.15) is 5.75 Å². The molecule has 0 heterocycles. The summed E-state index contributed by atoms with van der Waals surface area (Å²) in [6.07, 6.45) is 8.67. The molecule has 0 aliphatic heterocycles. The largest absolute Gasteiger partial charge is 0.489 e. The van der Waals surface area contributed by atoms with Gasteiger partial charge in [-0.25, -0.2) is 0 Å². The molecule has 19 heavy (non-hydrogen) atoms. The van der Waals surface area contributed by atoms with Crippen LogP contribution >= 0.6 is 15.9 Å². The summed E-state index contributed by atoms with van der Waals surface area (Å²) >= 11 is 3.62. The lowest BCUT2D eigenvalue weighted by atomic mass is 9.98. The van der Waals surface area contributed by atoms with E-state index in [-0.39, 0.29) is 6.04 Å².